The van der Waals surface area contributed by atoms with Crippen LogP contribution in [-0.2, 0) is 4.79 Å². The Morgan fingerprint density at radius 3 is 2.39 bits per heavy atom. The number of carbonyl (C=O) groups excluding carboxylic acids is 1. The van der Waals surface area contributed by atoms with Crippen LogP contribution >= 0.6 is 24.8 Å². The molecule has 0 saturated carbocycles. The second kappa shape index (κ2) is 11.7. The number of hydrogen-bond donors (Lipinski definition) is 1. The summed E-state index contributed by atoms with van der Waals surface area (Å²) < 4.78 is 0. The maximum absolute atomic E-state index is 13.1. The van der Waals surface area contributed by atoms with E-state index >= 15 is 0 Å². The summed E-state index contributed by atoms with van der Waals surface area (Å²) in [4.78, 5) is 17.3. The van der Waals surface area contributed by atoms with Gasteiger partial charge >= 0.3 is 0 Å². The van der Waals surface area contributed by atoms with Crippen LogP contribution in [0.1, 0.15) is 31.9 Å². The topological polar surface area (TPSA) is 35.6 Å². The summed E-state index contributed by atoms with van der Waals surface area (Å²) in [5.74, 6) is 0.244. The molecule has 1 aromatic carbocycles. The Hall–Kier alpha value is -0.810. The molecule has 1 fully saturated rings. The first-order valence-electron chi connectivity index (χ1n) is 8.06. The van der Waals surface area contributed by atoms with Gasteiger partial charge in [0, 0.05) is 19.6 Å². The lowest BCUT2D eigenvalue weighted by Crippen LogP contribution is -2.44. The highest BCUT2D eigenvalue weighted by Gasteiger charge is 2.29. The van der Waals surface area contributed by atoms with Gasteiger partial charge in [0.15, 0.2) is 0 Å². The number of nitrogens with one attached hydrogen (secondary N) is 1. The zero-order chi connectivity index (χ0) is 15.1. The molecule has 1 heterocycles. The molecular formula is C17H29Cl2N3O. The van der Waals surface area contributed by atoms with E-state index in [2.05, 4.69) is 36.2 Å². The van der Waals surface area contributed by atoms with E-state index in [4.69, 9.17) is 0 Å². The van der Waals surface area contributed by atoms with Gasteiger partial charge in [-0.15, -0.1) is 24.8 Å². The predicted molar refractivity (Wildman–Crippen MR) is 101 cm³/mol. The fourth-order valence-electron chi connectivity index (χ4n) is 2.97. The van der Waals surface area contributed by atoms with Crippen molar-refractivity contribution in [3.8, 4) is 0 Å². The number of hydrogen-bond acceptors (Lipinski definition) is 3. The first kappa shape index (κ1) is 22.2. The molecular weight excluding hydrogens is 333 g/mol. The van der Waals surface area contributed by atoms with Crippen molar-refractivity contribution in [1.82, 2.24) is 15.1 Å². The average Bonchev–Trinajstić information content (AvgIpc) is 2.82. The Labute approximate surface area is 152 Å². The molecule has 1 aliphatic heterocycles. The lowest BCUT2D eigenvalue weighted by atomic mass is 10.0. The van der Waals surface area contributed by atoms with Crippen LogP contribution in [0.5, 0.6) is 0 Å². The number of carbonyl (C=O) groups is 1. The number of amides is 1. The van der Waals surface area contributed by atoms with Crippen LogP contribution in [0.15, 0.2) is 30.3 Å². The van der Waals surface area contributed by atoms with Crippen LogP contribution in [0, 0.1) is 0 Å². The maximum atomic E-state index is 13.1. The van der Waals surface area contributed by atoms with E-state index in [1.807, 2.05) is 23.1 Å². The van der Waals surface area contributed by atoms with Crippen LogP contribution in [0.4, 0.5) is 0 Å². The minimum Gasteiger partial charge on any atom is -0.340 e. The normalized spacial score (nSPS) is 16.0. The van der Waals surface area contributed by atoms with Crippen LogP contribution < -0.4 is 5.32 Å². The average molecular weight is 362 g/mol. The summed E-state index contributed by atoms with van der Waals surface area (Å²) in [5.41, 5.74) is 1.10. The predicted octanol–water partition coefficient (Wildman–Crippen LogP) is 2.74. The third-order valence-corrected chi connectivity index (χ3v) is 4.18. The molecule has 1 amide bonds. The standard InChI is InChI=1S/C17H27N3O.2ClH/c1-3-19(4-2)16(15-9-6-5-7-10-15)17(21)20-13-8-11-18-12-14-20;;/h5-7,9-10,16,18H,3-4,8,11-14H2,1-2H3;2*1H. The molecule has 23 heavy (non-hydrogen) atoms. The van der Waals surface area contributed by atoms with E-state index in [-0.39, 0.29) is 36.8 Å². The van der Waals surface area contributed by atoms with E-state index in [1.54, 1.807) is 0 Å². The van der Waals surface area contributed by atoms with E-state index in [1.165, 1.54) is 0 Å². The van der Waals surface area contributed by atoms with Gasteiger partial charge < -0.3 is 10.2 Å². The molecule has 0 aromatic heterocycles. The summed E-state index contributed by atoms with van der Waals surface area (Å²) in [6.07, 6.45) is 1.03. The molecule has 1 N–H and O–H groups in total. The van der Waals surface area contributed by atoms with Crippen molar-refractivity contribution in [3.05, 3.63) is 35.9 Å². The molecule has 6 heteroatoms. The Bertz CT molecular complexity index is 433. The van der Waals surface area contributed by atoms with Crippen LogP contribution in [-0.4, -0.2) is 55.0 Å². The molecule has 1 aromatic rings. The summed E-state index contributed by atoms with van der Waals surface area (Å²) in [6.45, 7) is 9.58. The minimum absolute atomic E-state index is 0. The fourth-order valence-corrected chi connectivity index (χ4v) is 2.97. The van der Waals surface area contributed by atoms with Crippen molar-refractivity contribution in [2.75, 3.05) is 39.3 Å². The lowest BCUT2D eigenvalue weighted by Gasteiger charge is -2.33. The van der Waals surface area contributed by atoms with Gasteiger partial charge in [-0.05, 0) is 31.6 Å². The smallest absolute Gasteiger partial charge is 0.244 e. The van der Waals surface area contributed by atoms with Gasteiger partial charge in [-0.3, -0.25) is 9.69 Å². The fraction of sp³-hybridized carbons (Fsp3) is 0.588. The highest BCUT2D eigenvalue weighted by atomic mass is 35.5. The Morgan fingerprint density at radius 1 is 1.13 bits per heavy atom. The zero-order valence-electron chi connectivity index (χ0n) is 14.0. The van der Waals surface area contributed by atoms with Gasteiger partial charge in [-0.25, -0.2) is 0 Å². The largest absolute Gasteiger partial charge is 0.340 e. The molecule has 0 aliphatic carbocycles. The number of nitrogens with zero attached hydrogens (tertiary/aromatic N) is 2. The summed E-state index contributed by atoms with van der Waals surface area (Å²) in [6, 6.07) is 10.0. The van der Waals surface area contributed by atoms with Crippen molar-refractivity contribution in [3.63, 3.8) is 0 Å². The van der Waals surface area contributed by atoms with E-state index in [9.17, 15) is 4.79 Å². The monoisotopic (exact) mass is 361 g/mol. The molecule has 0 radical (unpaired) electrons. The van der Waals surface area contributed by atoms with Gasteiger partial charge in [0.05, 0.1) is 0 Å². The molecule has 0 bridgehead atoms. The highest BCUT2D eigenvalue weighted by molar-refractivity contribution is 5.85. The molecule has 132 valence electrons. The van der Waals surface area contributed by atoms with Gasteiger partial charge in [0.25, 0.3) is 0 Å². The van der Waals surface area contributed by atoms with Gasteiger partial charge in [-0.1, -0.05) is 44.2 Å². The number of benzene rings is 1. The maximum Gasteiger partial charge on any atom is 0.244 e. The second-order valence-corrected chi connectivity index (χ2v) is 5.46. The van der Waals surface area contributed by atoms with Crippen LogP contribution in [0.25, 0.3) is 0 Å². The molecule has 1 saturated heterocycles. The van der Waals surface area contributed by atoms with Crippen LogP contribution in [0.3, 0.4) is 0 Å². The number of rotatable bonds is 5. The second-order valence-electron chi connectivity index (χ2n) is 5.46. The third-order valence-electron chi connectivity index (χ3n) is 4.18. The molecule has 1 aliphatic rings. The molecule has 0 spiro atoms. The van der Waals surface area contributed by atoms with E-state index in [0.29, 0.717) is 0 Å². The van der Waals surface area contributed by atoms with Crippen molar-refractivity contribution >= 4 is 30.7 Å². The van der Waals surface area contributed by atoms with E-state index < -0.39 is 0 Å². The number of likely N-dealkylation sites (N-methyl/N-ethyl adjacent to an activating group) is 1. The molecule has 4 nitrogen and oxygen atoms in total. The zero-order valence-corrected chi connectivity index (χ0v) is 15.7. The summed E-state index contributed by atoms with van der Waals surface area (Å²) >= 11 is 0. The highest BCUT2D eigenvalue weighted by Crippen LogP contribution is 2.23. The van der Waals surface area contributed by atoms with Gasteiger partial charge in [0.1, 0.15) is 6.04 Å². The van der Waals surface area contributed by atoms with Crippen molar-refractivity contribution < 1.29 is 4.79 Å². The van der Waals surface area contributed by atoms with Crippen LogP contribution in [0.2, 0.25) is 0 Å². The summed E-state index contributed by atoms with van der Waals surface area (Å²) in [5, 5.41) is 3.36. The van der Waals surface area contributed by atoms with E-state index in [0.717, 1.165) is 51.3 Å². The quantitative estimate of drug-likeness (QED) is 0.875. The first-order valence-corrected chi connectivity index (χ1v) is 8.06. The van der Waals surface area contributed by atoms with Crippen molar-refractivity contribution in [1.29, 1.82) is 0 Å². The Morgan fingerprint density at radius 2 is 1.78 bits per heavy atom. The molecule has 1 unspecified atom stereocenters. The summed E-state index contributed by atoms with van der Waals surface area (Å²) in [7, 11) is 0. The number of halogens is 2. The molecule has 2 rings (SSSR count). The minimum atomic E-state index is -0.153. The third kappa shape index (κ3) is 5.96. The van der Waals surface area contributed by atoms with Gasteiger partial charge in [0.2, 0.25) is 5.91 Å². The Balaban J connectivity index is 0.00000242. The van der Waals surface area contributed by atoms with Crippen molar-refractivity contribution in [2.45, 2.75) is 26.3 Å². The van der Waals surface area contributed by atoms with Gasteiger partial charge in [-0.2, -0.15) is 0 Å². The molecule has 1 atom stereocenters. The SMILES string of the molecule is CCN(CC)C(C(=O)N1CCCNCC1)c1ccccc1.Cl.Cl. The first-order chi connectivity index (χ1) is 10.3. The Kier molecular flexibility index (Phi) is 11.3. The lowest BCUT2D eigenvalue weighted by molar-refractivity contribution is -0.137. The van der Waals surface area contributed by atoms with Crippen molar-refractivity contribution in [2.24, 2.45) is 0 Å².